The zero-order valence-corrected chi connectivity index (χ0v) is 11.5. The van der Waals surface area contributed by atoms with Crippen molar-refractivity contribution in [3.63, 3.8) is 0 Å². The smallest absolute Gasteiger partial charge is 0.123 e. The Labute approximate surface area is 114 Å². The van der Waals surface area contributed by atoms with Gasteiger partial charge < -0.3 is 5.73 Å². The minimum absolute atomic E-state index is 0.121. The van der Waals surface area contributed by atoms with E-state index >= 15 is 0 Å². The van der Waals surface area contributed by atoms with Crippen LogP contribution in [0, 0.1) is 12.7 Å². The molecule has 2 rings (SSSR count). The summed E-state index contributed by atoms with van der Waals surface area (Å²) in [5.74, 6) is -0.200. The number of nitrogens with two attached hydrogens (primary N) is 1. The summed E-state index contributed by atoms with van der Waals surface area (Å²) in [6, 6.07) is 15.1. The molecule has 2 N–H and O–H groups in total. The van der Waals surface area contributed by atoms with Gasteiger partial charge in [-0.05, 0) is 36.6 Å². The molecule has 100 valence electrons. The maximum atomic E-state index is 13.0. The van der Waals surface area contributed by atoms with Crippen LogP contribution >= 0.6 is 0 Å². The molecule has 0 aromatic heterocycles. The Hall–Kier alpha value is -1.67. The molecule has 2 heteroatoms. The third-order valence-electron chi connectivity index (χ3n) is 3.67. The van der Waals surface area contributed by atoms with Gasteiger partial charge in [-0.2, -0.15) is 0 Å². The van der Waals surface area contributed by atoms with E-state index in [2.05, 4.69) is 38.1 Å². The summed E-state index contributed by atoms with van der Waals surface area (Å²) in [5, 5.41) is 0. The van der Waals surface area contributed by atoms with Gasteiger partial charge in [-0.25, -0.2) is 4.39 Å². The molecule has 2 aromatic rings. The Morgan fingerprint density at radius 2 is 1.79 bits per heavy atom. The van der Waals surface area contributed by atoms with Crippen molar-refractivity contribution >= 4 is 0 Å². The van der Waals surface area contributed by atoms with Gasteiger partial charge in [0.15, 0.2) is 0 Å². The number of hydrogen-bond donors (Lipinski definition) is 1. The molecule has 0 aliphatic heterocycles. The number of rotatable bonds is 4. The monoisotopic (exact) mass is 257 g/mol. The first kappa shape index (κ1) is 13.8. The lowest BCUT2D eigenvalue weighted by molar-refractivity contribution is 0.480. The molecule has 0 amide bonds. The number of benzene rings is 2. The van der Waals surface area contributed by atoms with E-state index in [4.69, 9.17) is 5.73 Å². The Kier molecular flexibility index (Phi) is 4.01. The largest absolute Gasteiger partial charge is 0.330 e. The van der Waals surface area contributed by atoms with Crippen molar-refractivity contribution < 1.29 is 4.39 Å². The molecule has 0 bridgehead atoms. The van der Waals surface area contributed by atoms with E-state index in [9.17, 15) is 4.39 Å². The highest BCUT2D eigenvalue weighted by atomic mass is 19.1. The lowest BCUT2D eigenvalue weighted by Gasteiger charge is -2.29. The summed E-state index contributed by atoms with van der Waals surface area (Å²) >= 11 is 0. The first-order chi connectivity index (χ1) is 9.03. The van der Waals surface area contributed by atoms with E-state index in [0.717, 1.165) is 12.0 Å². The summed E-state index contributed by atoms with van der Waals surface area (Å²) < 4.78 is 13.0. The summed E-state index contributed by atoms with van der Waals surface area (Å²) in [5.41, 5.74) is 9.45. The minimum atomic E-state index is -0.200. The third-order valence-corrected chi connectivity index (χ3v) is 3.67. The fourth-order valence-corrected chi connectivity index (χ4v) is 2.37. The third kappa shape index (κ3) is 3.21. The maximum Gasteiger partial charge on any atom is 0.123 e. The van der Waals surface area contributed by atoms with E-state index in [-0.39, 0.29) is 11.2 Å². The fourth-order valence-electron chi connectivity index (χ4n) is 2.37. The molecule has 2 aromatic carbocycles. The molecule has 0 spiro atoms. The van der Waals surface area contributed by atoms with Gasteiger partial charge in [-0.1, -0.05) is 48.9 Å². The van der Waals surface area contributed by atoms with E-state index in [0.29, 0.717) is 6.54 Å². The predicted molar refractivity (Wildman–Crippen MR) is 77.7 cm³/mol. The van der Waals surface area contributed by atoms with Crippen molar-refractivity contribution in [3.05, 3.63) is 71.0 Å². The van der Waals surface area contributed by atoms with Crippen LogP contribution in [0.2, 0.25) is 0 Å². The molecular weight excluding hydrogens is 237 g/mol. The zero-order chi connectivity index (χ0) is 13.9. The normalized spacial score (nSPS) is 14.1. The van der Waals surface area contributed by atoms with Gasteiger partial charge in [0.2, 0.25) is 0 Å². The van der Waals surface area contributed by atoms with Gasteiger partial charge in [0.1, 0.15) is 5.82 Å². The van der Waals surface area contributed by atoms with Gasteiger partial charge in [-0.15, -0.1) is 0 Å². The zero-order valence-electron chi connectivity index (χ0n) is 11.5. The highest BCUT2D eigenvalue weighted by Crippen LogP contribution is 2.28. The molecule has 0 aliphatic rings. The molecule has 1 nitrogen and oxygen atoms in total. The molecule has 0 fully saturated rings. The van der Waals surface area contributed by atoms with Crippen LogP contribution in [0.3, 0.4) is 0 Å². The fraction of sp³-hybridized carbons (Fsp3) is 0.294. The topological polar surface area (TPSA) is 26.0 Å². The van der Waals surface area contributed by atoms with Gasteiger partial charge in [0, 0.05) is 12.0 Å². The van der Waals surface area contributed by atoms with E-state index in [1.165, 1.54) is 23.3 Å². The highest BCUT2D eigenvalue weighted by molar-refractivity contribution is 5.32. The summed E-state index contributed by atoms with van der Waals surface area (Å²) in [4.78, 5) is 0. The lowest BCUT2D eigenvalue weighted by Crippen LogP contribution is -2.34. The minimum Gasteiger partial charge on any atom is -0.330 e. The van der Waals surface area contributed by atoms with Crippen LogP contribution < -0.4 is 5.73 Å². The second-order valence-electron chi connectivity index (χ2n) is 5.44. The van der Waals surface area contributed by atoms with E-state index < -0.39 is 0 Å². The number of halogens is 1. The Balaban J connectivity index is 2.30. The molecule has 19 heavy (non-hydrogen) atoms. The molecule has 1 unspecified atom stereocenters. The van der Waals surface area contributed by atoms with Crippen molar-refractivity contribution in [2.75, 3.05) is 6.54 Å². The number of aryl methyl sites for hydroxylation is 1. The van der Waals surface area contributed by atoms with Crippen molar-refractivity contribution in [3.8, 4) is 0 Å². The van der Waals surface area contributed by atoms with Crippen LogP contribution in [0.5, 0.6) is 0 Å². The van der Waals surface area contributed by atoms with Gasteiger partial charge in [0.25, 0.3) is 0 Å². The average molecular weight is 257 g/mol. The quantitative estimate of drug-likeness (QED) is 0.890. The Morgan fingerprint density at radius 3 is 2.37 bits per heavy atom. The maximum absolute atomic E-state index is 13.0. The SMILES string of the molecule is Cc1cccc(C(C)(CN)Cc2ccc(F)cc2)c1. The van der Waals surface area contributed by atoms with E-state index in [1.54, 1.807) is 0 Å². The second-order valence-corrected chi connectivity index (χ2v) is 5.44. The van der Waals surface area contributed by atoms with Crippen LogP contribution in [0.1, 0.15) is 23.6 Å². The van der Waals surface area contributed by atoms with Crippen LogP contribution in [0.4, 0.5) is 4.39 Å². The van der Waals surface area contributed by atoms with E-state index in [1.807, 2.05) is 12.1 Å². The Morgan fingerprint density at radius 1 is 1.11 bits per heavy atom. The van der Waals surface area contributed by atoms with Crippen molar-refractivity contribution in [1.29, 1.82) is 0 Å². The van der Waals surface area contributed by atoms with Crippen molar-refractivity contribution in [1.82, 2.24) is 0 Å². The van der Waals surface area contributed by atoms with Gasteiger partial charge >= 0.3 is 0 Å². The van der Waals surface area contributed by atoms with Crippen LogP contribution in [0.15, 0.2) is 48.5 Å². The van der Waals surface area contributed by atoms with Crippen LogP contribution in [-0.2, 0) is 11.8 Å². The average Bonchev–Trinajstić information content (AvgIpc) is 2.41. The molecule has 0 saturated carbocycles. The first-order valence-corrected chi connectivity index (χ1v) is 6.55. The summed E-state index contributed by atoms with van der Waals surface area (Å²) in [6.45, 7) is 4.80. The van der Waals surface area contributed by atoms with Gasteiger partial charge in [-0.3, -0.25) is 0 Å². The van der Waals surface area contributed by atoms with Gasteiger partial charge in [0.05, 0.1) is 0 Å². The number of hydrogen-bond acceptors (Lipinski definition) is 1. The van der Waals surface area contributed by atoms with Crippen molar-refractivity contribution in [2.45, 2.75) is 25.7 Å². The summed E-state index contributed by atoms with van der Waals surface area (Å²) in [6.07, 6.45) is 0.813. The molecule has 0 saturated heterocycles. The van der Waals surface area contributed by atoms with Crippen molar-refractivity contribution in [2.24, 2.45) is 5.73 Å². The predicted octanol–water partition coefficient (Wildman–Crippen LogP) is 3.59. The van der Waals surface area contributed by atoms with Crippen LogP contribution in [0.25, 0.3) is 0 Å². The second kappa shape index (κ2) is 5.54. The molecular formula is C17H20FN. The standard InChI is InChI=1S/C17H20FN/c1-13-4-3-5-15(10-13)17(2,12-19)11-14-6-8-16(18)9-7-14/h3-10H,11-12,19H2,1-2H3. The molecule has 1 atom stereocenters. The lowest BCUT2D eigenvalue weighted by atomic mass is 9.77. The molecule has 0 aliphatic carbocycles. The highest BCUT2D eigenvalue weighted by Gasteiger charge is 2.25. The Bertz CT molecular complexity index is 547. The molecule has 0 heterocycles. The molecule has 0 radical (unpaired) electrons. The summed E-state index contributed by atoms with van der Waals surface area (Å²) in [7, 11) is 0. The first-order valence-electron chi connectivity index (χ1n) is 6.55. The van der Waals surface area contributed by atoms with Crippen LogP contribution in [-0.4, -0.2) is 6.54 Å².